The summed E-state index contributed by atoms with van der Waals surface area (Å²) < 4.78 is 10.4. The number of carbonyl (C=O) groups excluding carboxylic acids is 1. The van der Waals surface area contributed by atoms with Crippen molar-refractivity contribution in [3.8, 4) is 11.5 Å². The highest BCUT2D eigenvalue weighted by molar-refractivity contribution is 6.10. The summed E-state index contributed by atoms with van der Waals surface area (Å²) in [5.74, 6) is -0.0670. The van der Waals surface area contributed by atoms with Gasteiger partial charge in [-0.05, 0) is 19.1 Å². The lowest BCUT2D eigenvalue weighted by Crippen LogP contribution is -2.22. The standard InChI is InChI=1S/C19H20O5/c1-2-10-23-12-15(20)13-24-16-8-9-17(18(21)11-16)19(22)14-6-4-3-5-7-14/h2-11,15,20-21H,12-13H2,1H3. The number of aliphatic hydroxyl groups is 1. The van der Waals surface area contributed by atoms with Gasteiger partial charge in [-0.2, -0.15) is 0 Å². The fourth-order valence-corrected chi connectivity index (χ4v) is 2.04. The van der Waals surface area contributed by atoms with Gasteiger partial charge >= 0.3 is 0 Å². The first-order valence-electron chi connectivity index (χ1n) is 7.58. The van der Waals surface area contributed by atoms with E-state index < -0.39 is 6.10 Å². The average Bonchev–Trinajstić information content (AvgIpc) is 2.60. The zero-order valence-corrected chi connectivity index (χ0v) is 13.4. The van der Waals surface area contributed by atoms with Gasteiger partial charge in [-0.15, -0.1) is 0 Å². The Kier molecular flexibility index (Phi) is 6.40. The Morgan fingerprint density at radius 2 is 1.92 bits per heavy atom. The maximum absolute atomic E-state index is 12.3. The van der Waals surface area contributed by atoms with Gasteiger partial charge in [0.15, 0.2) is 5.78 Å². The molecule has 0 aromatic heterocycles. The summed E-state index contributed by atoms with van der Waals surface area (Å²) in [4.78, 5) is 12.3. The second kappa shape index (κ2) is 8.74. The number of aromatic hydroxyl groups is 1. The highest BCUT2D eigenvalue weighted by Gasteiger charge is 2.14. The number of allylic oxidation sites excluding steroid dienone is 1. The van der Waals surface area contributed by atoms with Crippen molar-refractivity contribution in [1.29, 1.82) is 0 Å². The van der Waals surface area contributed by atoms with Crippen LogP contribution in [0, 0.1) is 0 Å². The monoisotopic (exact) mass is 328 g/mol. The number of hydrogen-bond acceptors (Lipinski definition) is 5. The minimum Gasteiger partial charge on any atom is -0.507 e. The van der Waals surface area contributed by atoms with Crippen LogP contribution in [0.15, 0.2) is 60.9 Å². The van der Waals surface area contributed by atoms with Gasteiger partial charge in [-0.25, -0.2) is 0 Å². The maximum atomic E-state index is 12.3. The Balaban J connectivity index is 1.98. The van der Waals surface area contributed by atoms with Gasteiger partial charge in [0.25, 0.3) is 0 Å². The molecular formula is C19H20O5. The number of ether oxygens (including phenoxy) is 2. The Hall–Kier alpha value is -2.79. The second-order valence-corrected chi connectivity index (χ2v) is 5.14. The maximum Gasteiger partial charge on any atom is 0.196 e. The lowest BCUT2D eigenvalue weighted by atomic mass is 10.0. The molecule has 0 fully saturated rings. The van der Waals surface area contributed by atoms with Crippen molar-refractivity contribution >= 4 is 5.78 Å². The third-order valence-corrected chi connectivity index (χ3v) is 3.21. The van der Waals surface area contributed by atoms with E-state index in [1.54, 1.807) is 36.4 Å². The molecule has 2 aromatic carbocycles. The number of aliphatic hydroxyl groups excluding tert-OH is 1. The van der Waals surface area contributed by atoms with E-state index in [2.05, 4.69) is 0 Å². The van der Waals surface area contributed by atoms with Crippen LogP contribution in [0.1, 0.15) is 22.8 Å². The molecule has 1 unspecified atom stereocenters. The third-order valence-electron chi connectivity index (χ3n) is 3.21. The molecule has 0 saturated carbocycles. The van der Waals surface area contributed by atoms with Crippen LogP contribution in [0.2, 0.25) is 0 Å². The Morgan fingerprint density at radius 3 is 2.58 bits per heavy atom. The van der Waals surface area contributed by atoms with Crippen LogP contribution in [0.4, 0.5) is 0 Å². The first-order valence-corrected chi connectivity index (χ1v) is 7.58. The zero-order chi connectivity index (χ0) is 17.4. The van der Waals surface area contributed by atoms with Crippen molar-refractivity contribution in [2.75, 3.05) is 13.2 Å². The third kappa shape index (κ3) is 4.86. The van der Waals surface area contributed by atoms with Crippen LogP contribution >= 0.6 is 0 Å². The molecule has 1 atom stereocenters. The molecule has 0 aliphatic heterocycles. The van der Waals surface area contributed by atoms with E-state index in [0.29, 0.717) is 11.3 Å². The van der Waals surface area contributed by atoms with Gasteiger partial charge in [0.05, 0.1) is 11.8 Å². The molecule has 0 spiro atoms. The molecule has 0 bridgehead atoms. The quantitative estimate of drug-likeness (QED) is 0.575. The summed E-state index contributed by atoms with van der Waals surface area (Å²) >= 11 is 0. The zero-order valence-electron chi connectivity index (χ0n) is 13.4. The van der Waals surface area contributed by atoms with E-state index in [0.717, 1.165) is 0 Å². The number of carbonyl (C=O) groups is 1. The Morgan fingerprint density at radius 1 is 1.17 bits per heavy atom. The molecule has 0 heterocycles. The molecule has 0 amide bonds. The van der Waals surface area contributed by atoms with Crippen LogP contribution in [0.25, 0.3) is 0 Å². The van der Waals surface area contributed by atoms with E-state index in [1.807, 2.05) is 13.0 Å². The number of rotatable bonds is 8. The topological polar surface area (TPSA) is 76.0 Å². The van der Waals surface area contributed by atoms with Crippen LogP contribution in [-0.4, -0.2) is 35.3 Å². The lowest BCUT2D eigenvalue weighted by Gasteiger charge is -2.13. The summed E-state index contributed by atoms with van der Waals surface area (Å²) in [6.45, 7) is 1.94. The molecule has 2 rings (SSSR count). The minimum absolute atomic E-state index is 0.0168. The molecule has 126 valence electrons. The van der Waals surface area contributed by atoms with E-state index >= 15 is 0 Å². The van der Waals surface area contributed by atoms with Crippen LogP contribution in [0.5, 0.6) is 11.5 Å². The van der Waals surface area contributed by atoms with Crippen molar-refractivity contribution in [2.45, 2.75) is 13.0 Å². The molecule has 5 heteroatoms. The molecule has 2 aromatic rings. The fraction of sp³-hybridized carbons (Fsp3) is 0.211. The molecule has 0 aliphatic carbocycles. The van der Waals surface area contributed by atoms with Crippen molar-refractivity contribution < 1.29 is 24.5 Å². The summed E-state index contributed by atoms with van der Waals surface area (Å²) in [6.07, 6.45) is 2.40. The highest BCUT2D eigenvalue weighted by atomic mass is 16.5. The van der Waals surface area contributed by atoms with Gasteiger partial charge in [0.1, 0.15) is 30.8 Å². The molecular weight excluding hydrogens is 308 g/mol. The van der Waals surface area contributed by atoms with E-state index in [4.69, 9.17) is 9.47 Å². The molecule has 0 radical (unpaired) electrons. The number of ketones is 1. The SMILES string of the molecule is CC=COCC(O)COc1ccc(C(=O)c2ccccc2)c(O)c1. The van der Waals surface area contributed by atoms with Gasteiger partial charge in [-0.1, -0.05) is 36.4 Å². The summed E-state index contributed by atoms with van der Waals surface area (Å²) in [7, 11) is 0. The normalized spacial score (nSPS) is 12.1. The van der Waals surface area contributed by atoms with Gasteiger partial charge in [0, 0.05) is 11.6 Å². The van der Waals surface area contributed by atoms with E-state index in [1.165, 1.54) is 18.4 Å². The molecule has 2 N–H and O–H groups in total. The van der Waals surface area contributed by atoms with Crippen molar-refractivity contribution in [3.63, 3.8) is 0 Å². The number of phenolic OH excluding ortho intramolecular Hbond substituents is 1. The smallest absolute Gasteiger partial charge is 0.196 e. The van der Waals surface area contributed by atoms with Crippen molar-refractivity contribution in [3.05, 3.63) is 72.0 Å². The van der Waals surface area contributed by atoms with E-state index in [9.17, 15) is 15.0 Å². The van der Waals surface area contributed by atoms with Crippen LogP contribution in [0.3, 0.4) is 0 Å². The lowest BCUT2D eigenvalue weighted by molar-refractivity contribution is 0.0463. The van der Waals surface area contributed by atoms with Gasteiger partial charge in [0.2, 0.25) is 0 Å². The van der Waals surface area contributed by atoms with Gasteiger partial charge in [-0.3, -0.25) is 4.79 Å². The number of benzene rings is 2. The highest BCUT2D eigenvalue weighted by Crippen LogP contribution is 2.26. The number of hydrogen-bond donors (Lipinski definition) is 2. The summed E-state index contributed by atoms with van der Waals surface area (Å²) in [5.41, 5.74) is 0.698. The fourth-order valence-electron chi connectivity index (χ4n) is 2.04. The Labute approximate surface area is 140 Å². The largest absolute Gasteiger partial charge is 0.507 e. The van der Waals surface area contributed by atoms with Crippen LogP contribution in [-0.2, 0) is 4.74 Å². The predicted octanol–water partition coefficient (Wildman–Crippen LogP) is 2.91. The summed E-state index contributed by atoms with van der Waals surface area (Å²) in [6, 6.07) is 13.2. The summed E-state index contributed by atoms with van der Waals surface area (Å²) in [5, 5.41) is 19.8. The number of phenols is 1. The van der Waals surface area contributed by atoms with Gasteiger partial charge < -0.3 is 19.7 Å². The first kappa shape index (κ1) is 17.6. The molecule has 0 aliphatic rings. The first-order chi connectivity index (χ1) is 11.6. The van der Waals surface area contributed by atoms with Crippen molar-refractivity contribution in [1.82, 2.24) is 0 Å². The van der Waals surface area contributed by atoms with Crippen LogP contribution < -0.4 is 4.74 Å². The second-order valence-electron chi connectivity index (χ2n) is 5.14. The van der Waals surface area contributed by atoms with Crippen molar-refractivity contribution in [2.24, 2.45) is 0 Å². The van der Waals surface area contributed by atoms with E-state index in [-0.39, 0.29) is 30.3 Å². The molecule has 0 saturated heterocycles. The molecule has 24 heavy (non-hydrogen) atoms. The predicted molar refractivity (Wildman–Crippen MR) is 90.2 cm³/mol. The average molecular weight is 328 g/mol. The molecule has 5 nitrogen and oxygen atoms in total. The Bertz CT molecular complexity index is 694. The minimum atomic E-state index is -0.797.